The van der Waals surface area contributed by atoms with E-state index in [1.54, 1.807) is 26.2 Å². The maximum Gasteiger partial charge on any atom is 1.00 e. The van der Waals surface area contributed by atoms with Crippen LogP contribution in [0.5, 0.6) is 11.8 Å². The van der Waals surface area contributed by atoms with Crippen LogP contribution < -0.4 is 39.0 Å². The number of aromatic nitrogens is 2. The van der Waals surface area contributed by atoms with Crippen molar-refractivity contribution in [3.8, 4) is 11.8 Å². The van der Waals surface area contributed by atoms with Crippen LogP contribution in [0.15, 0.2) is 24.3 Å². The molecule has 0 radical (unpaired) electrons. The number of hydrogen-bond donors (Lipinski definition) is 0. The van der Waals surface area contributed by atoms with Gasteiger partial charge in [0.05, 0.1) is 19.8 Å². The van der Waals surface area contributed by atoms with Gasteiger partial charge in [-0.15, -0.1) is 0 Å². The van der Waals surface area contributed by atoms with Gasteiger partial charge in [0, 0.05) is 77.6 Å². The summed E-state index contributed by atoms with van der Waals surface area (Å²) in [6, 6.07) is 7.94. The van der Waals surface area contributed by atoms with Crippen molar-refractivity contribution in [2.45, 2.75) is 59.0 Å². The van der Waals surface area contributed by atoms with Gasteiger partial charge in [0.2, 0.25) is 18.2 Å². The minimum Gasteiger partial charge on any atom is -0.481 e. The topological polar surface area (TPSA) is 84.9 Å². The molecular weight excluding hydrogens is 912 g/mol. The molecule has 2 rings (SSSR count). The third kappa shape index (κ3) is 25.0. The number of ether oxygens (including phenoxy) is 2. The molecule has 8 nitrogen and oxygen atoms in total. The number of pyridine rings is 2. The molecule has 14 heteroatoms. The Bertz CT molecular complexity index is 1010. The molecule has 1 amide bonds. The maximum absolute atomic E-state index is 10.9. The van der Waals surface area contributed by atoms with Crippen LogP contribution in [-0.2, 0) is 4.79 Å². The van der Waals surface area contributed by atoms with Gasteiger partial charge in [0.25, 0.3) is 0 Å². The quantitative estimate of drug-likeness (QED) is 0.156. The van der Waals surface area contributed by atoms with Crippen LogP contribution in [0, 0.1) is 10.5 Å². The molecule has 0 saturated carbocycles. The van der Waals surface area contributed by atoms with Gasteiger partial charge in [-0.05, 0) is 48.8 Å². The molecule has 0 N–H and O–H groups in total. The van der Waals surface area contributed by atoms with Crippen molar-refractivity contribution in [1.82, 2.24) is 19.8 Å². The predicted octanol–water partition coefficient (Wildman–Crippen LogP) is 3.72. The number of rotatable bonds is 10. The average molecular weight is 965 g/mol. The molecule has 0 fully saturated rings. The summed E-state index contributed by atoms with van der Waals surface area (Å²) in [4.78, 5) is 33.3. The smallest absolute Gasteiger partial charge is 0.481 e. The minimum atomic E-state index is -1.46. The third-order valence-electron chi connectivity index (χ3n) is 5.19. The molecule has 0 spiro atoms. The van der Waals surface area contributed by atoms with E-state index in [1.165, 1.54) is 11.7 Å². The molecule has 242 valence electrons. The number of methoxy groups -OCH3 is 2. The number of halogens is 3. The van der Waals surface area contributed by atoms with E-state index in [0.717, 1.165) is 47.0 Å². The average Bonchev–Trinajstić information content (AvgIpc) is 2.96. The summed E-state index contributed by atoms with van der Waals surface area (Å²) in [6.45, 7) is 20.9. The second-order valence-corrected chi connectivity index (χ2v) is 22.5. The molecule has 2 aromatic rings. The van der Waals surface area contributed by atoms with Crippen LogP contribution >= 0.6 is 59.8 Å². The number of likely N-dealkylation sites (N-methyl/N-ethyl adjacent to an activating group) is 2. The zero-order chi connectivity index (χ0) is 33.5. The van der Waals surface area contributed by atoms with E-state index < -0.39 is 16.1 Å². The van der Waals surface area contributed by atoms with E-state index in [2.05, 4.69) is 129 Å². The van der Waals surface area contributed by atoms with Gasteiger partial charge in [-0.3, -0.25) is 9.59 Å². The van der Waals surface area contributed by atoms with Crippen LogP contribution in [0.4, 0.5) is 0 Å². The molecule has 0 aliphatic heterocycles. The number of carbonyl (C=O) groups is 2. The summed E-state index contributed by atoms with van der Waals surface area (Å²) in [5.41, 5.74) is 0.542. The van der Waals surface area contributed by atoms with E-state index in [4.69, 9.17) is 9.47 Å². The number of aldehydes is 1. The summed E-state index contributed by atoms with van der Waals surface area (Å²) in [5.74, 6) is 1.16. The summed E-state index contributed by atoms with van der Waals surface area (Å²) in [7, 11) is 6.20. The maximum atomic E-state index is 10.9. The second-order valence-electron chi connectivity index (χ2n) is 11.3. The van der Waals surface area contributed by atoms with E-state index in [9.17, 15) is 9.59 Å². The Hall–Kier alpha value is 0.221. The molecule has 2 heterocycles. The van der Waals surface area contributed by atoms with Crippen molar-refractivity contribution in [2.24, 2.45) is 0 Å². The van der Waals surface area contributed by atoms with Gasteiger partial charge >= 0.3 is 18.9 Å². The Morgan fingerprint density at radius 2 is 1.42 bits per heavy atom. The van der Waals surface area contributed by atoms with Crippen molar-refractivity contribution in [2.75, 3.05) is 48.5 Å². The Morgan fingerprint density at radius 3 is 1.77 bits per heavy atom. The van der Waals surface area contributed by atoms with Crippen LogP contribution in [0.3, 0.4) is 0 Å². The first kappa shape index (κ1) is 50.1. The van der Waals surface area contributed by atoms with Gasteiger partial charge in [-0.1, -0.05) is 58.7 Å². The Labute approximate surface area is 313 Å². The third-order valence-corrected chi connectivity index (χ3v) is 9.69. The Morgan fingerprint density at radius 1 is 0.907 bits per heavy atom. The molecule has 0 atom stereocenters. The van der Waals surface area contributed by atoms with Gasteiger partial charge in [-0.2, -0.15) is 6.42 Å². The van der Waals surface area contributed by atoms with Crippen LogP contribution in [0.1, 0.15) is 30.1 Å². The van der Waals surface area contributed by atoms with E-state index in [-0.39, 0.29) is 18.9 Å². The summed E-state index contributed by atoms with van der Waals surface area (Å²) in [5, 5.41) is 2.26. The fourth-order valence-electron chi connectivity index (χ4n) is 2.51. The number of carbonyl (C=O) groups excluding carboxylic acids is 2. The summed E-state index contributed by atoms with van der Waals surface area (Å²) >= 11 is 6.39. The fourth-order valence-corrected chi connectivity index (χ4v) is 5.51. The molecule has 0 bridgehead atoms. The van der Waals surface area contributed by atoms with Crippen molar-refractivity contribution < 1.29 is 37.9 Å². The number of amides is 1. The molecular formula is C29H52I3LiN4O4Si2. The number of nitrogens with zero attached hydrogens (tertiary/aromatic N) is 4. The molecule has 0 aromatic carbocycles. The van der Waals surface area contributed by atoms with Crippen LogP contribution in [0.25, 0.3) is 0 Å². The second kappa shape index (κ2) is 28.4. The van der Waals surface area contributed by atoms with Crippen LogP contribution in [0.2, 0.25) is 39.3 Å². The van der Waals surface area contributed by atoms with Crippen molar-refractivity contribution >= 4 is 99.3 Å². The molecule has 43 heavy (non-hydrogen) atoms. The van der Waals surface area contributed by atoms with Gasteiger partial charge < -0.3 is 26.2 Å². The molecule has 0 saturated heterocycles. The van der Waals surface area contributed by atoms with Crippen molar-refractivity contribution in [1.29, 1.82) is 0 Å². The molecule has 2 aromatic heterocycles. The summed E-state index contributed by atoms with van der Waals surface area (Å²) in [6.07, 6.45) is 3.91. The molecule has 0 aliphatic carbocycles. The first-order valence-corrected chi connectivity index (χ1v) is 27.8. The first-order valence-electron chi connectivity index (χ1n) is 13.5. The first-order chi connectivity index (χ1) is 19.5. The van der Waals surface area contributed by atoms with Crippen LogP contribution in [-0.4, -0.2) is 97.1 Å². The minimum absolute atomic E-state index is 0. The number of hydrogen-bond acceptors (Lipinski definition) is 7. The fraction of sp³-hybridized carbons (Fsp3) is 0.552. The normalized spacial score (nSPS) is 9.98. The van der Waals surface area contributed by atoms with Gasteiger partial charge in [0.1, 0.15) is 16.1 Å². The van der Waals surface area contributed by atoms with E-state index in [0.29, 0.717) is 11.4 Å². The van der Waals surface area contributed by atoms with E-state index in [1.807, 2.05) is 37.2 Å². The standard InChI is InChI=1S/C10H14INO2Si.C9H15NOSi.C6H14N2O.C4H9.I2.Li/c1-14-10-7(6-13)8(11)5-9(12-10)15(2,3)4;1-11-8-6-5-7-9(10-8)12(2,3)4;1-7(2)4-5-8(3)6-9;1-3-4-2;1-2;/h5-6H,1-4H3;5-7H,1-4H3;6H,4-5H2,1-3H3;1,3-4H2,2H3;;/q;;;-1;;+1. The SMILES string of the molecule is CN(C)CCN(C)C=O.COc1cccc([Si](C)(C)C)n1.COc1nc([Si](C)(C)C)cc(I)c1C=O.II.[CH2-]CCC.[Li+]. The number of unbranched alkanes of at least 4 members (excludes halogenated alkanes) is 1. The molecule has 0 aliphatic rings. The predicted molar refractivity (Wildman–Crippen MR) is 211 cm³/mol. The summed E-state index contributed by atoms with van der Waals surface area (Å²) < 4.78 is 11.1. The van der Waals surface area contributed by atoms with Gasteiger partial charge in [0.15, 0.2) is 6.29 Å². The molecule has 0 unspecified atom stereocenters. The van der Waals surface area contributed by atoms with Crippen molar-refractivity contribution in [3.05, 3.63) is 40.3 Å². The van der Waals surface area contributed by atoms with E-state index >= 15 is 0 Å². The zero-order valence-corrected chi connectivity index (χ0v) is 37.0. The largest absolute Gasteiger partial charge is 1.00 e. The van der Waals surface area contributed by atoms with Crippen molar-refractivity contribution in [3.63, 3.8) is 0 Å². The zero-order valence-electron chi connectivity index (χ0n) is 28.6. The van der Waals surface area contributed by atoms with Gasteiger partial charge in [-0.25, -0.2) is 9.97 Å². The Kier molecular flexibility index (Phi) is 33.1. The monoisotopic (exact) mass is 964 g/mol. The Balaban J connectivity index is -0.000000246.